The maximum Gasteiger partial charge on any atom is 0.311 e. The van der Waals surface area contributed by atoms with Gasteiger partial charge in [-0.3, -0.25) is 20.0 Å². The van der Waals surface area contributed by atoms with Crippen molar-refractivity contribution in [1.29, 1.82) is 5.41 Å². The average Bonchev–Trinajstić information content (AvgIpc) is 3.28. The number of ether oxygens (including phenoxy) is 1. The van der Waals surface area contributed by atoms with Crippen LogP contribution in [-0.4, -0.2) is 35.8 Å². The number of amidine groups is 1. The normalized spacial score (nSPS) is 12.6. The zero-order valence-electron chi connectivity index (χ0n) is 17.3. The molecule has 0 aliphatic rings. The Morgan fingerprint density at radius 1 is 1.19 bits per heavy atom. The Kier molecular flexibility index (Phi) is 7.15. The lowest BCUT2D eigenvalue weighted by molar-refractivity contribution is -0.146. The first-order valence-electron chi connectivity index (χ1n) is 9.70. The number of carbonyl (C=O) groups is 2. The van der Waals surface area contributed by atoms with Crippen LogP contribution in [0, 0.1) is 11.3 Å². The van der Waals surface area contributed by atoms with Crippen molar-refractivity contribution < 1.29 is 14.3 Å². The van der Waals surface area contributed by atoms with Gasteiger partial charge in [0.05, 0.1) is 17.9 Å². The molecule has 4 N–H and O–H groups in total. The topological polar surface area (TPSA) is 118 Å². The Bertz CT molecular complexity index is 1080. The van der Waals surface area contributed by atoms with Crippen LogP contribution in [0.25, 0.3) is 11.1 Å². The Morgan fingerprint density at radius 3 is 2.61 bits per heavy atom. The fourth-order valence-electron chi connectivity index (χ4n) is 3.26. The molecule has 160 valence electrons. The van der Waals surface area contributed by atoms with Crippen molar-refractivity contribution >= 4 is 29.0 Å². The molecule has 2 unspecified atom stereocenters. The second-order valence-electron chi connectivity index (χ2n) is 7.15. The van der Waals surface area contributed by atoms with Crippen molar-refractivity contribution in [3.05, 3.63) is 76.2 Å². The van der Waals surface area contributed by atoms with Crippen LogP contribution in [0.5, 0.6) is 0 Å². The van der Waals surface area contributed by atoms with Crippen molar-refractivity contribution in [1.82, 2.24) is 10.3 Å². The summed E-state index contributed by atoms with van der Waals surface area (Å²) in [6, 6.07) is 12.3. The molecule has 0 spiro atoms. The largest absolute Gasteiger partial charge is 0.469 e. The third kappa shape index (κ3) is 5.55. The number of amides is 1. The summed E-state index contributed by atoms with van der Waals surface area (Å²) >= 11 is 1.34. The summed E-state index contributed by atoms with van der Waals surface area (Å²) in [5.74, 6) is -1.29. The third-order valence-electron chi connectivity index (χ3n) is 5.00. The maximum atomic E-state index is 12.8. The van der Waals surface area contributed by atoms with Crippen LogP contribution in [0.1, 0.15) is 27.7 Å². The van der Waals surface area contributed by atoms with Gasteiger partial charge in [-0.1, -0.05) is 18.2 Å². The molecule has 1 aromatic carbocycles. The monoisotopic (exact) mass is 436 g/mol. The van der Waals surface area contributed by atoms with Crippen molar-refractivity contribution in [3.63, 3.8) is 0 Å². The SMILES string of the molecule is COC(=O)C(Cc1cccc(C(=N)N)c1)C(C)NC(=O)c1cc(-c2ccncc2)cs1. The highest BCUT2D eigenvalue weighted by atomic mass is 32.1. The summed E-state index contributed by atoms with van der Waals surface area (Å²) in [7, 11) is 1.33. The number of nitrogens with zero attached hydrogens (tertiary/aromatic N) is 1. The summed E-state index contributed by atoms with van der Waals surface area (Å²) in [4.78, 5) is 29.8. The summed E-state index contributed by atoms with van der Waals surface area (Å²) in [5.41, 5.74) is 8.91. The molecule has 2 heterocycles. The minimum atomic E-state index is -0.587. The Hall–Kier alpha value is -3.52. The zero-order chi connectivity index (χ0) is 22.4. The fraction of sp³-hybridized carbons (Fsp3) is 0.217. The number of methoxy groups -OCH3 is 1. The number of benzene rings is 1. The molecular weight excluding hydrogens is 412 g/mol. The first-order chi connectivity index (χ1) is 14.9. The molecule has 0 bridgehead atoms. The number of thiophene rings is 1. The van der Waals surface area contributed by atoms with E-state index in [0.717, 1.165) is 16.7 Å². The first-order valence-corrected chi connectivity index (χ1v) is 10.6. The van der Waals surface area contributed by atoms with E-state index in [1.165, 1.54) is 18.4 Å². The smallest absolute Gasteiger partial charge is 0.311 e. The summed E-state index contributed by atoms with van der Waals surface area (Å²) < 4.78 is 4.97. The minimum Gasteiger partial charge on any atom is -0.469 e. The molecule has 0 aliphatic carbocycles. The summed E-state index contributed by atoms with van der Waals surface area (Å²) in [5, 5.41) is 12.4. The number of hydrogen-bond acceptors (Lipinski definition) is 6. The number of nitrogens with one attached hydrogen (secondary N) is 2. The van der Waals surface area contributed by atoms with E-state index in [2.05, 4.69) is 10.3 Å². The molecule has 7 nitrogen and oxygen atoms in total. The van der Waals surface area contributed by atoms with Gasteiger partial charge in [-0.25, -0.2) is 0 Å². The molecule has 0 aliphatic heterocycles. The van der Waals surface area contributed by atoms with Crippen LogP contribution in [0.15, 0.2) is 60.2 Å². The molecule has 0 saturated heterocycles. The lowest BCUT2D eigenvalue weighted by Crippen LogP contribution is -2.42. The molecule has 0 radical (unpaired) electrons. The van der Waals surface area contributed by atoms with Crippen molar-refractivity contribution in [2.75, 3.05) is 7.11 Å². The number of nitrogens with two attached hydrogens (primary N) is 1. The van der Waals surface area contributed by atoms with Gasteiger partial charge in [-0.2, -0.15) is 0 Å². The van der Waals surface area contributed by atoms with Gasteiger partial charge >= 0.3 is 5.97 Å². The predicted octanol–water partition coefficient (Wildman–Crippen LogP) is 3.24. The van der Waals surface area contributed by atoms with Crippen molar-refractivity contribution in [3.8, 4) is 11.1 Å². The van der Waals surface area contributed by atoms with E-state index in [1.54, 1.807) is 37.5 Å². The second kappa shape index (κ2) is 9.99. The summed E-state index contributed by atoms with van der Waals surface area (Å²) in [6.07, 6.45) is 3.76. The van der Waals surface area contributed by atoms with Gasteiger partial charge in [0, 0.05) is 24.0 Å². The van der Waals surface area contributed by atoms with Crippen LogP contribution < -0.4 is 11.1 Å². The van der Waals surface area contributed by atoms with E-state index in [-0.39, 0.29) is 11.7 Å². The van der Waals surface area contributed by atoms with Gasteiger partial charge in [-0.05, 0) is 59.7 Å². The molecule has 2 aromatic heterocycles. The number of pyridine rings is 1. The van der Waals surface area contributed by atoms with Crippen LogP contribution >= 0.6 is 11.3 Å². The zero-order valence-corrected chi connectivity index (χ0v) is 18.1. The molecule has 3 aromatic rings. The highest BCUT2D eigenvalue weighted by molar-refractivity contribution is 7.12. The van der Waals surface area contributed by atoms with E-state index >= 15 is 0 Å². The Labute approximate surface area is 184 Å². The second-order valence-corrected chi connectivity index (χ2v) is 8.06. The van der Waals surface area contributed by atoms with Gasteiger partial charge in [0.15, 0.2) is 0 Å². The first kappa shape index (κ1) is 22.2. The van der Waals surface area contributed by atoms with E-state index in [9.17, 15) is 9.59 Å². The standard InChI is InChI=1S/C23H24N4O3S/c1-14(19(23(29)30-2)11-15-4-3-5-17(10-15)21(24)25)27-22(28)20-12-18(13-31-20)16-6-8-26-9-7-16/h3-10,12-14,19H,11H2,1-2H3,(H3,24,25)(H,27,28). The van der Waals surface area contributed by atoms with E-state index in [1.807, 2.05) is 29.6 Å². The third-order valence-corrected chi connectivity index (χ3v) is 5.93. The highest BCUT2D eigenvalue weighted by Gasteiger charge is 2.28. The molecule has 31 heavy (non-hydrogen) atoms. The number of nitrogen functional groups attached to an aromatic ring is 1. The van der Waals surface area contributed by atoms with Crippen molar-refractivity contribution in [2.24, 2.45) is 11.7 Å². The van der Waals surface area contributed by atoms with Crippen molar-refractivity contribution in [2.45, 2.75) is 19.4 Å². The molecule has 2 atom stereocenters. The van der Waals surface area contributed by atoms with Crippen LogP contribution in [0.4, 0.5) is 0 Å². The number of rotatable bonds is 8. The van der Waals surface area contributed by atoms with Gasteiger partial charge < -0.3 is 15.8 Å². The van der Waals surface area contributed by atoms with Crippen LogP contribution in [-0.2, 0) is 16.0 Å². The van der Waals surface area contributed by atoms with Gasteiger partial charge in [0.2, 0.25) is 0 Å². The van der Waals surface area contributed by atoms with Gasteiger partial charge in [0.1, 0.15) is 5.84 Å². The molecule has 3 rings (SSSR count). The molecule has 0 fully saturated rings. The van der Waals surface area contributed by atoms with E-state index in [0.29, 0.717) is 16.9 Å². The minimum absolute atomic E-state index is 0.0412. The van der Waals surface area contributed by atoms with Gasteiger partial charge in [0.25, 0.3) is 5.91 Å². The summed E-state index contributed by atoms with van der Waals surface area (Å²) in [6.45, 7) is 1.78. The quantitative estimate of drug-likeness (QED) is 0.285. The Morgan fingerprint density at radius 2 is 1.94 bits per heavy atom. The number of hydrogen-bond donors (Lipinski definition) is 3. The number of esters is 1. The van der Waals surface area contributed by atoms with E-state index < -0.39 is 17.9 Å². The maximum absolute atomic E-state index is 12.8. The van der Waals surface area contributed by atoms with E-state index in [4.69, 9.17) is 15.9 Å². The lowest BCUT2D eigenvalue weighted by Gasteiger charge is -2.23. The molecular formula is C23H24N4O3S. The van der Waals surface area contributed by atoms with Gasteiger partial charge in [-0.15, -0.1) is 11.3 Å². The van der Waals surface area contributed by atoms with Crippen LogP contribution in [0.2, 0.25) is 0 Å². The molecule has 1 amide bonds. The lowest BCUT2D eigenvalue weighted by atomic mass is 9.92. The van der Waals surface area contributed by atoms with Crippen LogP contribution in [0.3, 0.4) is 0 Å². The predicted molar refractivity (Wildman–Crippen MR) is 121 cm³/mol. The molecule has 0 saturated carbocycles. The fourth-order valence-corrected chi connectivity index (χ4v) is 4.08. The average molecular weight is 437 g/mol. The Balaban J connectivity index is 1.73. The highest BCUT2D eigenvalue weighted by Crippen LogP contribution is 2.25. The number of carbonyl (C=O) groups excluding carboxylic acids is 2. The molecule has 8 heteroatoms. The number of aromatic nitrogens is 1.